The van der Waals surface area contributed by atoms with Crippen LogP contribution in [0.2, 0.25) is 4.34 Å². The minimum Gasteiger partial charge on any atom is -0.268 e. The highest BCUT2D eigenvalue weighted by Gasteiger charge is 2.02. The van der Waals surface area contributed by atoms with E-state index in [0.717, 1.165) is 12.8 Å². The summed E-state index contributed by atoms with van der Waals surface area (Å²) in [6, 6.07) is 5.28. The van der Waals surface area contributed by atoms with Crippen molar-refractivity contribution in [1.82, 2.24) is 9.78 Å². The summed E-state index contributed by atoms with van der Waals surface area (Å²) in [6.45, 7) is 0.479. The molecule has 0 N–H and O–H groups in total. The highest BCUT2D eigenvalue weighted by molar-refractivity contribution is 14.1. The molecule has 0 bridgehead atoms. The molecule has 0 aliphatic rings. The van der Waals surface area contributed by atoms with E-state index in [4.69, 9.17) is 11.6 Å². The van der Waals surface area contributed by atoms with Gasteiger partial charge in [-0.2, -0.15) is 5.10 Å². The minimum absolute atomic E-state index is 0.0913. The van der Waals surface area contributed by atoms with Crippen molar-refractivity contribution >= 4 is 45.5 Å². The Morgan fingerprint density at radius 2 is 2.33 bits per heavy atom. The third-order valence-electron chi connectivity index (χ3n) is 1.77. The van der Waals surface area contributed by atoms with Gasteiger partial charge < -0.3 is 0 Å². The van der Waals surface area contributed by atoms with Crippen molar-refractivity contribution < 1.29 is 0 Å². The Labute approximate surface area is 109 Å². The van der Waals surface area contributed by atoms with Crippen molar-refractivity contribution in [3.63, 3.8) is 0 Å². The molecule has 0 aliphatic heterocycles. The number of thiophene rings is 1. The Bertz CT molecular complexity index is 537. The molecule has 2 heterocycles. The first-order chi connectivity index (χ1) is 7.15. The predicted octanol–water partition coefficient (Wildman–Crippen LogP) is 2.61. The number of nitrogens with zero attached hydrogens (tertiary/aromatic N) is 2. The Hall–Kier alpha value is -0.400. The molecular formula is C9H6ClIN2OS. The molecule has 2 aromatic rings. The third-order valence-corrected chi connectivity index (χ3v) is 3.58. The predicted molar refractivity (Wildman–Crippen MR) is 69.6 cm³/mol. The van der Waals surface area contributed by atoms with Gasteiger partial charge in [-0.15, -0.1) is 11.3 Å². The Kier molecular flexibility index (Phi) is 3.42. The fourth-order valence-corrected chi connectivity index (χ4v) is 2.58. The van der Waals surface area contributed by atoms with Gasteiger partial charge in [0.2, 0.25) is 0 Å². The van der Waals surface area contributed by atoms with Gasteiger partial charge in [0.1, 0.15) is 0 Å². The van der Waals surface area contributed by atoms with Gasteiger partial charge in [0.05, 0.1) is 17.1 Å². The van der Waals surface area contributed by atoms with Gasteiger partial charge in [0, 0.05) is 14.5 Å². The number of hydrogen-bond donors (Lipinski definition) is 0. The van der Waals surface area contributed by atoms with Gasteiger partial charge in [-0.1, -0.05) is 11.6 Å². The molecule has 0 saturated carbocycles. The molecule has 0 unspecified atom stereocenters. The van der Waals surface area contributed by atoms with E-state index < -0.39 is 0 Å². The topological polar surface area (TPSA) is 34.9 Å². The SMILES string of the molecule is O=c1cc(I)cnn1Cc1ccc(Cl)s1. The van der Waals surface area contributed by atoms with Gasteiger partial charge in [0.25, 0.3) is 5.56 Å². The van der Waals surface area contributed by atoms with Crippen molar-refractivity contribution in [3.05, 3.63) is 47.5 Å². The highest BCUT2D eigenvalue weighted by Crippen LogP contribution is 2.21. The van der Waals surface area contributed by atoms with Gasteiger partial charge in [-0.25, -0.2) is 4.68 Å². The van der Waals surface area contributed by atoms with Crippen LogP contribution in [0.5, 0.6) is 0 Å². The van der Waals surface area contributed by atoms with Crippen molar-refractivity contribution in [2.24, 2.45) is 0 Å². The minimum atomic E-state index is -0.0913. The molecule has 78 valence electrons. The van der Waals surface area contributed by atoms with Gasteiger partial charge in [0.15, 0.2) is 0 Å². The lowest BCUT2D eigenvalue weighted by Crippen LogP contribution is -2.22. The van der Waals surface area contributed by atoms with Crippen LogP contribution in [0.1, 0.15) is 4.88 Å². The highest BCUT2D eigenvalue weighted by atomic mass is 127. The van der Waals surface area contributed by atoms with Crippen molar-refractivity contribution in [2.75, 3.05) is 0 Å². The molecule has 0 spiro atoms. The van der Waals surface area contributed by atoms with Crippen LogP contribution in [-0.4, -0.2) is 9.78 Å². The number of aromatic nitrogens is 2. The third kappa shape index (κ3) is 2.79. The summed E-state index contributed by atoms with van der Waals surface area (Å²) < 4.78 is 2.99. The summed E-state index contributed by atoms with van der Waals surface area (Å²) >= 11 is 9.32. The lowest BCUT2D eigenvalue weighted by Gasteiger charge is -2.01. The second-order valence-corrected chi connectivity index (χ2v) is 5.92. The van der Waals surface area contributed by atoms with E-state index in [1.165, 1.54) is 16.0 Å². The maximum atomic E-state index is 11.5. The Morgan fingerprint density at radius 1 is 1.53 bits per heavy atom. The van der Waals surface area contributed by atoms with Gasteiger partial charge in [-0.3, -0.25) is 4.79 Å². The van der Waals surface area contributed by atoms with E-state index in [1.54, 1.807) is 12.3 Å². The van der Waals surface area contributed by atoms with Crippen molar-refractivity contribution in [1.29, 1.82) is 0 Å². The van der Waals surface area contributed by atoms with Crippen LogP contribution in [0.25, 0.3) is 0 Å². The largest absolute Gasteiger partial charge is 0.268 e. The zero-order chi connectivity index (χ0) is 10.8. The zero-order valence-corrected chi connectivity index (χ0v) is 11.2. The van der Waals surface area contributed by atoms with E-state index in [9.17, 15) is 4.79 Å². The lowest BCUT2D eigenvalue weighted by atomic mass is 10.4. The van der Waals surface area contributed by atoms with Crippen LogP contribution in [0.3, 0.4) is 0 Å². The molecule has 3 nitrogen and oxygen atoms in total. The molecule has 0 aliphatic carbocycles. The van der Waals surface area contributed by atoms with Gasteiger partial charge >= 0.3 is 0 Å². The van der Waals surface area contributed by atoms with E-state index in [0.29, 0.717) is 6.54 Å². The summed E-state index contributed by atoms with van der Waals surface area (Å²) in [5.41, 5.74) is -0.0913. The van der Waals surface area contributed by atoms with E-state index in [2.05, 4.69) is 27.7 Å². The molecule has 0 aromatic carbocycles. The van der Waals surface area contributed by atoms with Crippen LogP contribution < -0.4 is 5.56 Å². The quantitative estimate of drug-likeness (QED) is 0.779. The first-order valence-electron chi connectivity index (χ1n) is 4.12. The molecule has 0 fully saturated rings. The standard InChI is InChI=1S/C9H6ClIN2OS/c10-8-2-1-7(15-8)5-13-9(14)3-6(11)4-12-13/h1-4H,5H2. The van der Waals surface area contributed by atoms with Crippen LogP contribution in [-0.2, 0) is 6.54 Å². The van der Waals surface area contributed by atoms with Crippen LogP contribution >= 0.6 is 45.5 Å². The van der Waals surface area contributed by atoms with Crippen LogP contribution in [0, 0.1) is 3.57 Å². The maximum Gasteiger partial charge on any atom is 0.268 e. The maximum absolute atomic E-state index is 11.5. The van der Waals surface area contributed by atoms with Gasteiger partial charge in [-0.05, 0) is 34.7 Å². The number of hydrogen-bond acceptors (Lipinski definition) is 3. The molecule has 2 rings (SSSR count). The zero-order valence-electron chi connectivity index (χ0n) is 7.48. The summed E-state index contributed by atoms with van der Waals surface area (Å²) in [7, 11) is 0. The molecule has 0 atom stereocenters. The fraction of sp³-hybridized carbons (Fsp3) is 0.111. The average molecular weight is 353 g/mol. The lowest BCUT2D eigenvalue weighted by molar-refractivity contribution is 0.643. The number of rotatable bonds is 2. The molecular weight excluding hydrogens is 347 g/mol. The second-order valence-electron chi connectivity index (χ2n) is 2.88. The van der Waals surface area contributed by atoms with E-state index in [-0.39, 0.29) is 5.56 Å². The van der Waals surface area contributed by atoms with Crippen molar-refractivity contribution in [3.8, 4) is 0 Å². The van der Waals surface area contributed by atoms with Crippen LogP contribution in [0.15, 0.2) is 29.2 Å². The van der Waals surface area contributed by atoms with Crippen LogP contribution in [0.4, 0.5) is 0 Å². The average Bonchev–Trinajstić information content (AvgIpc) is 2.56. The summed E-state index contributed by atoms with van der Waals surface area (Å²) in [6.07, 6.45) is 1.66. The molecule has 0 radical (unpaired) electrons. The van der Waals surface area contributed by atoms with Crippen molar-refractivity contribution in [2.45, 2.75) is 6.54 Å². The molecule has 6 heteroatoms. The molecule has 2 aromatic heterocycles. The van der Waals surface area contributed by atoms with E-state index in [1.807, 2.05) is 12.1 Å². The Balaban J connectivity index is 2.28. The monoisotopic (exact) mass is 352 g/mol. The smallest absolute Gasteiger partial charge is 0.268 e. The Morgan fingerprint density at radius 3 is 2.93 bits per heavy atom. The summed E-state index contributed by atoms with van der Waals surface area (Å²) in [5.74, 6) is 0. The first kappa shape index (κ1) is 11.1. The molecule has 0 saturated heterocycles. The normalized spacial score (nSPS) is 10.5. The summed E-state index contributed by atoms with van der Waals surface area (Å²) in [5, 5.41) is 4.04. The molecule has 15 heavy (non-hydrogen) atoms. The molecule has 0 amide bonds. The fourth-order valence-electron chi connectivity index (χ4n) is 1.11. The number of halogens is 2. The van der Waals surface area contributed by atoms with E-state index >= 15 is 0 Å². The second kappa shape index (κ2) is 4.63. The first-order valence-corrected chi connectivity index (χ1v) is 6.39. The summed E-state index contributed by atoms with van der Waals surface area (Å²) in [4.78, 5) is 12.5.